The van der Waals surface area contributed by atoms with Crippen LogP contribution in [0.1, 0.15) is 32.8 Å². The number of nitrogens with one attached hydrogen (secondary N) is 1. The molecule has 2 nitrogen and oxygen atoms in total. The van der Waals surface area contributed by atoms with Crippen molar-refractivity contribution in [1.82, 2.24) is 10.2 Å². The number of alkyl halides is 2. The Morgan fingerprint density at radius 2 is 2.00 bits per heavy atom. The topological polar surface area (TPSA) is 15.3 Å². The van der Waals surface area contributed by atoms with Crippen molar-refractivity contribution in [3.05, 3.63) is 35.9 Å². The summed E-state index contributed by atoms with van der Waals surface area (Å²) in [6, 6.07) is 8.37. The molecule has 0 spiro atoms. The summed E-state index contributed by atoms with van der Waals surface area (Å²) < 4.78 is 29.0. The Morgan fingerprint density at radius 1 is 1.35 bits per heavy atom. The first kappa shape index (κ1) is 15.4. The van der Waals surface area contributed by atoms with E-state index in [1.165, 1.54) is 12.1 Å². The molecule has 0 aromatic heterocycles. The highest BCUT2D eigenvalue weighted by Gasteiger charge is 2.42. The van der Waals surface area contributed by atoms with Gasteiger partial charge in [0.25, 0.3) is 5.92 Å². The molecule has 112 valence electrons. The summed E-state index contributed by atoms with van der Waals surface area (Å²) >= 11 is 0. The van der Waals surface area contributed by atoms with E-state index in [2.05, 4.69) is 19.2 Å². The van der Waals surface area contributed by atoms with Crippen LogP contribution in [0, 0.1) is 0 Å². The number of rotatable bonds is 4. The minimum absolute atomic E-state index is 0.102. The molecule has 0 amide bonds. The van der Waals surface area contributed by atoms with Crippen molar-refractivity contribution >= 4 is 0 Å². The largest absolute Gasteiger partial charge is 0.311 e. The van der Waals surface area contributed by atoms with Gasteiger partial charge in [-0.2, -0.15) is 8.78 Å². The highest BCUT2D eigenvalue weighted by Crippen LogP contribution is 2.33. The van der Waals surface area contributed by atoms with Gasteiger partial charge in [0.1, 0.15) is 0 Å². The molecule has 0 bridgehead atoms. The van der Waals surface area contributed by atoms with Crippen molar-refractivity contribution in [3.8, 4) is 0 Å². The lowest BCUT2D eigenvalue weighted by Crippen LogP contribution is -2.63. The van der Waals surface area contributed by atoms with Gasteiger partial charge in [0.2, 0.25) is 0 Å². The Kier molecular flexibility index (Phi) is 4.45. The molecule has 1 aromatic carbocycles. The summed E-state index contributed by atoms with van der Waals surface area (Å²) in [4.78, 5) is 1.95. The van der Waals surface area contributed by atoms with E-state index in [-0.39, 0.29) is 23.7 Å². The molecule has 2 rings (SSSR count). The fourth-order valence-electron chi connectivity index (χ4n) is 2.74. The van der Waals surface area contributed by atoms with E-state index in [0.29, 0.717) is 6.54 Å². The molecular formula is C16H24F2N2. The second-order valence-corrected chi connectivity index (χ2v) is 6.08. The fraction of sp³-hybridized carbons (Fsp3) is 0.625. The molecule has 1 aromatic rings. The number of piperazine rings is 1. The average molecular weight is 282 g/mol. The van der Waals surface area contributed by atoms with Gasteiger partial charge in [-0.1, -0.05) is 37.3 Å². The van der Waals surface area contributed by atoms with Crippen LogP contribution >= 0.6 is 0 Å². The van der Waals surface area contributed by atoms with Crippen LogP contribution in [0.25, 0.3) is 0 Å². The second kappa shape index (κ2) is 5.78. The van der Waals surface area contributed by atoms with Crippen LogP contribution in [-0.2, 0) is 5.92 Å². The maximum Gasteiger partial charge on any atom is 0.285 e. The summed E-state index contributed by atoms with van der Waals surface area (Å²) in [7, 11) is 0. The van der Waals surface area contributed by atoms with Crippen molar-refractivity contribution in [2.75, 3.05) is 19.6 Å². The Hall–Kier alpha value is -1.00. The zero-order valence-corrected chi connectivity index (χ0v) is 12.5. The normalized spacial score (nSPS) is 28.6. The number of hydrogen-bond acceptors (Lipinski definition) is 2. The summed E-state index contributed by atoms with van der Waals surface area (Å²) in [5.41, 5.74) is -0.102. The van der Waals surface area contributed by atoms with E-state index in [1.807, 2.05) is 11.8 Å². The van der Waals surface area contributed by atoms with Gasteiger partial charge in [-0.3, -0.25) is 4.90 Å². The molecule has 0 radical (unpaired) electrons. The zero-order chi connectivity index (χ0) is 14.8. The van der Waals surface area contributed by atoms with Crippen molar-refractivity contribution in [1.29, 1.82) is 0 Å². The van der Waals surface area contributed by atoms with Gasteiger partial charge in [0, 0.05) is 30.2 Å². The van der Waals surface area contributed by atoms with Gasteiger partial charge in [-0.05, 0) is 20.3 Å². The summed E-state index contributed by atoms with van der Waals surface area (Å²) in [5.74, 6) is -2.81. The quantitative estimate of drug-likeness (QED) is 0.912. The van der Waals surface area contributed by atoms with Crippen LogP contribution in [0.3, 0.4) is 0 Å². The number of hydrogen-bond donors (Lipinski definition) is 1. The van der Waals surface area contributed by atoms with Crippen LogP contribution in [0.2, 0.25) is 0 Å². The molecule has 1 saturated heterocycles. The van der Waals surface area contributed by atoms with Crippen molar-refractivity contribution in [2.24, 2.45) is 0 Å². The third kappa shape index (κ3) is 3.18. The molecule has 1 fully saturated rings. The second-order valence-electron chi connectivity index (χ2n) is 6.08. The first-order valence-electron chi connectivity index (χ1n) is 7.29. The van der Waals surface area contributed by atoms with Crippen LogP contribution in [-0.4, -0.2) is 36.1 Å². The van der Waals surface area contributed by atoms with Gasteiger partial charge >= 0.3 is 0 Å². The molecule has 1 aliphatic rings. The molecule has 2 atom stereocenters. The maximum absolute atomic E-state index is 14.5. The minimum Gasteiger partial charge on any atom is -0.311 e. The number of benzene rings is 1. The lowest BCUT2D eigenvalue weighted by atomic mass is 9.91. The van der Waals surface area contributed by atoms with E-state index < -0.39 is 5.92 Å². The molecule has 2 unspecified atom stereocenters. The van der Waals surface area contributed by atoms with Crippen LogP contribution in [0.5, 0.6) is 0 Å². The van der Waals surface area contributed by atoms with Gasteiger partial charge < -0.3 is 5.32 Å². The van der Waals surface area contributed by atoms with E-state index in [1.54, 1.807) is 18.2 Å². The Balaban J connectivity index is 2.17. The average Bonchev–Trinajstić information content (AvgIpc) is 2.44. The van der Waals surface area contributed by atoms with Gasteiger partial charge in [0.05, 0.1) is 6.54 Å². The molecule has 0 saturated carbocycles. The number of nitrogens with zero attached hydrogens (tertiary/aromatic N) is 1. The fourth-order valence-corrected chi connectivity index (χ4v) is 2.74. The van der Waals surface area contributed by atoms with Crippen molar-refractivity contribution in [3.63, 3.8) is 0 Å². The van der Waals surface area contributed by atoms with Crippen molar-refractivity contribution in [2.45, 2.75) is 44.7 Å². The van der Waals surface area contributed by atoms with Gasteiger partial charge in [-0.15, -0.1) is 0 Å². The monoisotopic (exact) mass is 282 g/mol. The predicted molar refractivity (Wildman–Crippen MR) is 78.1 cm³/mol. The smallest absolute Gasteiger partial charge is 0.285 e. The van der Waals surface area contributed by atoms with Crippen LogP contribution < -0.4 is 5.32 Å². The lowest BCUT2D eigenvalue weighted by molar-refractivity contribution is -0.0767. The Bertz CT molecular complexity index is 435. The third-order valence-electron chi connectivity index (χ3n) is 4.44. The first-order chi connectivity index (χ1) is 9.37. The maximum atomic E-state index is 14.5. The molecular weight excluding hydrogens is 258 g/mol. The van der Waals surface area contributed by atoms with Crippen molar-refractivity contribution < 1.29 is 8.78 Å². The number of halogens is 2. The molecule has 1 aliphatic heterocycles. The van der Waals surface area contributed by atoms with Crippen LogP contribution in [0.4, 0.5) is 8.78 Å². The summed E-state index contributed by atoms with van der Waals surface area (Å²) in [5, 5.41) is 3.39. The molecule has 1 N–H and O–H groups in total. The van der Waals surface area contributed by atoms with E-state index >= 15 is 0 Å². The standard InChI is InChI=1S/C16H24F2N2/c1-4-15(3)11-19-13(2)10-20(15)12-16(17,18)14-8-6-5-7-9-14/h5-9,13,19H,4,10-12H2,1-3H3. The van der Waals surface area contributed by atoms with E-state index in [4.69, 9.17) is 0 Å². The highest BCUT2D eigenvalue weighted by atomic mass is 19.3. The van der Waals surface area contributed by atoms with E-state index in [9.17, 15) is 8.78 Å². The third-order valence-corrected chi connectivity index (χ3v) is 4.44. The summed E-state index contributed by atoms with van der Waals surface area (Å²) in [6.07, 6.45) is 0.859. The van der Waals surface area contributed by atoms with Crippen LogP contribution in [0.15, 0.2) is 30.3 Å². The Morgan fingerprint density at radius 3 is 2.60 bits per heavy atom. The zero-order valence-electron chi connectivity index (χ0n) is 12.5. The summed E-state index contributed by atoms with van der Waals surface area (Å²) in [6.45, 7) is 7.37. The molecule has 20 heavy (non-hydrogen) atoms. The van der Waals surface area contributed by atoms with Gasteiger partial charge in [-0.25, -0.2) is 0 Å². The molecule has 0 aliphatic carbocycles. The SMILES string of the molecule is CCC1(C)CNC(C)CN1CC(F)(F)c1ccccc1. The highest BCUT2D eigenvalue weighted by molar-refractivity contribution is 5.20. The predicted octanol–water partition coefficient (Wildman–Crippen LogP) is 3.24. The Labute approximate surface area is 120 Å². The minimum atomic E-state index is -2.81. The molecule has 1 heterocycles. The lowest BCUT2D eigenvalue weighted by Gasteiger charge is -2.48. The van der Waals surface area contributed by atoms with Gasteiger partial charge in [0.15, 0.2) is 0 Å². The first-order valence-corrected chi connectivity index (χ1v) is 7.29. The molecule has 4 heteroatoms. The van der Waals surface area contributed by atoms with E-state index in [0.717, 1.165) is 13.0 Å².